The monoisotopic (exact) mass is 272 g/mol. The van der Waals surface area contributed by atoms with Crippen molar-refractivity contribution in [3.05, 3.63) is 46.5 Å². The van der Waals surface area contributed by atoms with Crippen molar-refractivity contribution in [2.45, 2.75) is 47.1 Å². The zero-order valence-electron chi connectivity index (χ0n) is 14.2. The van der Waals surface area contributed by atoms with E-state index in [0.717, 1.165) is 12.0 Å². The number of rotatable bonds is 5. The standard InChI is InChI=1S/C18H29BO/c1-11(2)18(20-7)15(6)8-12(3)16-9-13(4)17(19)14(5)10-16/h8-9,15-16,18H,1,10,19H2,2-7H3/b12-8+. The summed E-state index contributed by atoms with van der Waals surface area (Å²) >= 11 is 0. The molecular formula is C18H29BO. The van der Waals surface area contributed by atoms with Gasteiger partial charge in [0.15, 0.2) is 0 Å². The first-order valence-corrected chi connectivity index (χ1v) is 7.49. The Labute approximate surface area is 125 Å². The van der Waals surface area contributed by atoms with E-state index >= 15 is 0 Å². The molecule has 0 aromatic carbocycles. The molecule has 110 valence electrons. The largest absolute Gasteiger partial charge is 0.377 e. The molecule has 0 radical (unpaired) electrons. The van der Waals surface area contributed by atoms with Gasteiger partial charge in [-0.25, -0.2) is 0 Å². The quantitative estimate of drug-likeness (QED) is 0.542. The van der Waals surface area contributed by atoms with Crippen LogP contribution in [-0.4, -0.2) is 21.1 Å². The van der Waals surface area contributed by atoms with Gasteiger partial charge in [0.05, 0.1) is 6.10 Å². The molecule has 3 unspecified atom stereocenters. The molecule has 0 aromatic rings. The van der Waals surface area contributed by atoms with Gasteiger partial charge < -0.3 is 4.74 Å². The summed E-state index contributed by atoms with van der Waals surface area (Å²) in [5, 5.41) is 0. The van der Waals surface area contributed by atoms with E-state index < -0.39 is 0 Å². The maximum atomic E-state index is 5.55. The lowest BCUT2D eigenvalue weighted by molar-refractivity contribution is 0.103. The van der Waals surface area contributed by atoms with Gasteiger partial charge in [-0.2, -0.15) is 0 Å². The predicted molar refractivity (Wildman–Crippen MR) is 91.6 cm³/mol. The maximum Gasteiger partial charge on any atom is 0.139 e. The van der Waals surface area contributed by atoms with Crippen LogP contribution < -0.4 is 0 Å². The second-order valence-electron chi connectivity index (χ2n) is 6.34. The molecular weight excluding hydrogens is 243 g/mol. The molecule has 20 heavy (non-hydrogen) atoms. The third kappa shape index (κ3) is 3.99. The highest BCUT2D eigenvalue weighted by Crippen LogP contribution is 2.32. The molecule has 0 fully saturated rings. The fourth-order valence-electron chi connectivity index (χ4n) is 3.09. The van der Waals surface area contributed by atoms with Gasteiger partial charge in [0.2, 0.25) is 0 Å². The number of methoxy groups -OCH3 is 1. The summed E-state index contributed by atoms with van der Waals surface area (Å²) in [4.78, 5) is 0. The minimum atomic E-state index is 0.108. The summed E-state index contributed by atoms with van der Waals surface area (Å²) < 4.78 is 5.55. The van der Waals surface area contributed by atoms with Crippen LogP contribution in [0.15, 0.2) is 46.5 Å². The first-order valence-electron chi connectivity index (χ1n) is 7.49. The van der Waals surface area contributed by atoms with Crippen LogP contribution in [0.2, 0.25) is 0 Å². The summed E-state index contributed by atoms with van der Waals surface area (Å²) in [5.74, 6) is 0.891. The predicted octanol–water partition coefficient (Wildman–Crippen LogP) is 4.03. The molecule has 0 aromatic heterocycles. The summed E-state index contributed by atoms with van der Waals surface area (Å²) in [6.45, 7) is 15.0. The van der Waals surface area contributed by atoms with Gasteiger partial charge in [-0.1, -0.05) is 53.4 Å². The third-order valence-electron chi connectivity index (χ3n) is 4.54. The van der Waals surface area contributed by atoms with Gasteiger partial charge >= 0.3 is 0 Å². The van der Waals surface area contributed by atoms with Crippen LogP contribution >= 0.6 is 0 Å². The topological polar surface area (TPSA) is 9.23 Å². The SMILES string of the molecule is BC1=C(C)CC(/C(C)=C/C(C)C(OC)C(=C)C)C=C1C. The zero-order chi connectivity index (χ0) is 15.4. The number of allylic oxidation sites excluding steroid dienone is 5. The van der Waals surface area contributed by atoms with E-state index in [1.165, 1.54) is 22.2 Å². The van der Waals surface area contributed by atoms with E-state index in [-0.39, 0.29) is 6.10 Å². The van der Waals surface area contributed by atoms with Crippen molar-refractivity contribution < 1.29 is 4.74 Å². The lowest BCUT2D eigenvalue weighted by atomic mass is 9.74. The van der Waals surface area contributed by atoms with E-state index in [1.807, 2.05) is 6.92 Å². The molecule has 0 spiro atoms. The zero-order valence-corrected chi connectivity index (χ0v) is 14.2. The molecule has 0 amide bonds. The van der Waals surface area contributed by atoms with Crippen molar-refractivity contribution in [1.82, 2.24) is 0 Å². The molecule has 1 rings (SSSR count). The van der Waals surface area contributed by atoms with Crippen LogP contribution in [0, 0.1) is 11.8 Å². The van der Waals surface area contributed by atoms with E-state index in [0.29, 0.717) is 11.8 Å². The summed E-state index contributed by atoms with van der Waals surface area (Å²) in [5.41, 5.74) is 6.91. The minimum absolute atomic E-state index is 0.108. The Morgan fingerprint density at radius 2 is 2.05 bits per heavy atom. The van der Waals surface area contributed by atoms with Crippen molar-refractivity contribution in [2.24, 2.45) is 11.8 Å². The Morgan fingerprint density at radius 3 is 2.50 bits per heavy atom. The summed E-state index contributed by atoms with van der Waals surface area (Å²) in [6.07, 6.45) is 6.01. The van der Waals surface area contributed by atoms with Gasteiger partial charge in [0, 0.05) is 18.9 Å². The molecule has 0 saturated carbocycles. The van der Waals surface area contributed by atoms with Crippen LogP contribution in [0.4, 0.5) is 0 Å². The first-order chi connectivity index (χ1) is 9.27. The highest BCUT2D eigenvalue weighted by Gasteiger charge is 2.19. The van der Waals surface area contributed by atoms with Crippen LogP contribution in [0.5, 0.6) is 0 Å². The van der Waals surface area contributed by atoms with Crippen LogP contribution in [0.25, 0.3) is 0 Å². The van der Waals surface area contributed by atoms with E-state index in [4.69, 9.17) is 4.74 Å². The Morgan fingerprint density at radius 1 is 1.45 bits per heavy atom. The molecule has 0 bridgehead atoms. The van der Waals surface area contributed by atoms with Gasteiger partial charge in [0.25, 0.3) is 0 Å². The smallest absolute Gasteiger partial charge is 0.139 e. The molecule has 1 aliphatic rings. The third-order valence-corrected chi connectivity index (χ3v) is 4.54. The van der Waals surface area contributed by atoms with Crippen LogP contribution in [-0.2, 0) is 4.74 Å². The number of ether oxygens (including phenoxy) is 1. The van der Waals surface area contributed by atoms with Gasteiger partial charge in [-0.3, -0.25) is 0 Å². The fraction of sp³-hybridized carbons (Fsp3) is 0.556. The molecule has 1 nitrogen and oxygen atoms in total. The molecule has 0 saturated heterocycles. The second-order valence-corrected chi connectivity index (χ2v) is 6.34. The molecule has 0 aliphatic heterocycles. The van der Waals surface area contributed by atoms with Gasteiger partial charge in [-0.15, -0.1) is 0 Å². The average molecular weight is 272 g/mol. The van der Waals surface area contributed by atoms with Crippen molar-refractivity contribution in [3.63, 3.8) is 0 Å². The van der Waals surface area contributed by atoms with Crippen LogP contribution in [0.1, 0.15) is 41.0 Å². The van der Waals surface area contributed by atoms with E-state index in [1.54, 1.807) is 7.11 Å². The minimum Gasteiger partial charge on any atom is -0.377 e. The lowest BCUT2D eigenvalue weighted by Gasteiger charge is -2.26. The Balaban J connectivity index is 2.88. The van der Waals surface area contributed by atoms with Crippen molar-refractivity contribution in [2.75, 3.05) is 7.11 Å². The average Bonchev–Trinajstić information content (AvgIpc) is 2.35. The molecule has 2 heteroatoms. The fourth-order valence-corrected chi connectivity index (χ4v) is 3.09. The first kappa shape index (κ1) is 17.0. The second kappa shape index (κ2) is 7.13. The van der Waals surface area contributed by atoms with E-state index in [9.17, 15) is 0 Å². The Kier molecular flexibility index (Phi) is 6.07. The van der Waals surface area contributed by atoms with Crippen LogP contribution in [0.3, 0.4) is 0 Å². The summed E-state index contributed by atoms with van der Waals surface area (Å²) in [6, 6.07) is 0. The highest BCUT2D eigenvalue weighted by atomic mass is 16.5. The van der Waals surface area contributed by atoms with Crippen molar-refractivity contribution in [1.29, 1.82) is 0 Å². The molecule has 1 aliphatic carbocycles. The van der Waals surface area contributed by atoms with Crippen molar-refractivity contribution >= 4 is 7.85 Å². The maximum absolute atomic E-state index is 5.55. The van der Waals surface area contributed by atoms with Gasteiger partial charge in [-0.05, 0) is 34.1 Å². The molecule has 0 heterocycles. The van der Waals surface area contributed by atoms with Gasteiger partial charge in [0.1, 0.15) is 7.85 Å². The molecule has 3 atom stereocenters. The Bertz CT molecular complexity index is 468. The summed E-state index contributed by atoms with van der Waals surface area (Å²) in [7, 11) is 3.99. The number of hydrogen-bond acceptors (Lipinski definition) is 1. The van der Waals surface area contributed by atoms with E-state index in [2.05, 4.69) is 54.3 Å². The normalized spacial score (nSPS) is 23.4. The molecule has 0 N–H and O–H groups in total. The van der Waals surface area contributed by atoms with Crippen molar-refractivity contribution in [3.8, 4) is 0 Å². The number of hydrogen-bond donors (Lipinski definition) is 0. The highest BCUT2D eigenvalue weighted by molar-refractivity contribution is 6.24. The lowest BCUT2D eigenvalue weighted by Crippen LogP contribution is -2.20. The Hall–Kier alpha value is -1.02.